The maximum Gasteiger partial charge on any atom is 0.159 e. The molecule has 0 bridgehead atoms. The van der Waals surface area contributed by atoms with Gasteiger partial charge in [-0.15, -0.1) is 11.3 Å². The van der Waals surface area contributed by atoms with E-state index in [4.69, 9.17) is 0 Å². The number of aliphatic hydroxyl groups is 1. The minimum absolute atomic E-state index is 0.116. The normalized spacial score (nSPS) is 10.5. The molecule has 0 aliphatic rings. The van der Waals surface area contributed by atoms with Crippen LogP contribution >= 0.6 is 11.3 Å². The second-order valence-corrected chi connectivity index (χ2v) is 9.22. The van der Waals surface area contributed by atoms with Crippen molar-refractivity contribution in [3.05, 3.63) is 93.7 Å². The van der Waals surface area contributed by atoms with Crippen molar-refractivity contribution in [3.8, 4) is 0 Å². The van der Waals surface area contributed by atoms with Crippen LogP contribution in [0.1, 0.15) is 62.2 Å². The van der Waals surface area contributed by atoms with Gasteiger partial charge in [0.1, 0.15) is 5.01 Å². The number of fused-ring (bicyclic) bond motifs is 1. The first-order valence-electron chi connectivity index (χ1n) is 11.2. The molecule has 1 aromatic heterocycles. The summed E-state index contributed by atoms with van der Waals surface area (Å²) in [5.41, 5.74) is 7.21. The fraction of sp³-hybridized carbons (Fsp3) is 0.321. The van der Waals surface area contributed by atoms with Gasteiger partial charge in [-0.25, -0.2) is 13.8 Å². The van der Waals surface area contributed by atoms with Crippen LogP contribution in [0, 0.1) is 18.6 Å². The van der Waals surface area contributed by atoms with Crippen LogP contribution in [0.3, 0.4) is 0 Å². The average molecular weight is 470 g/mol. The molecule has 176 valence electrons. The van der Waals surface area contributed by atoms with Crippen LogP contribution in [0.5, 0.6) is 0 Å². The highest BCUT2D eigenvalue weighted by atomic mass is 32.1. The van der Waals surface area contributed by atoms with Gasteiger partial charge < -0.3 is 5.11 Å². The monoisotopic (exact) mass is 469 g/mol. The summed E-state index contributed by atoms with van der Waals surface area (Å²) >= 11 is 1.58. The van der Waals surface area contributed by atoms with E-state index < -0.39 is 11.6 Å². The Bertz CT molecular complexity index is 1190. The third-order valence-electron chi connectivity index (χ3n) is 5.40. The highest BCUT2D eigenvalue weighted by Crippen LogP contribution is 2.30. The smallest absolute Gasteiger partial charge is 0.159 e. The van der Waals surface area contributed by atoms with Crippen LogP contribution in [0.25, 0.3) is 15.8 Å². The minimum Gasteiger partial charge on any atom is -0.512 e. The lowest BCUT2D eigenvalue weighted by molar-refractivity contribution is 0.401. The topological polar surface area (TPSA) is 33.1 Å². The Morgan fingerprint density at radius 3 is 2.36 bits per heavy atom. The Morgan fingerprint density at radius 1 is 1.06 bits per heavy atom. The quantitative estimate of drug-likeness (QED) is 0.264. The van der Waals surface area contributed by atoms with Crippen LogP contribution in [0.15, 0.2) is 60.4 Å². The van der Waals surface area contributed by atoms with Gasteiger partial charge in [-0.1, -0.05) is 44.2 Å². The molecule has 3 rings (SSSR count). The molecule has 2 aromatic carbocycles. The molecule has 0 aliphatic heterocycles. The first-order chi connectivity index (χ1) is 15.6. The summed E-state index contributed by atoms with van der Waals surface area (Å²) in [7, 11) is 0. The van der Waals surface area contributed by atoms with Gasteiger partial charge in [-0.05, 0) is 86.6 Å². The molecule has 0 spiro atoms. The van der Waals surface area contributed by atoms with Crippen molar-refractivity contribution in [2.24, 2.45) is 0 Å². The molecule has 0 fully saturated rings. The van der Waals surface area contributed by atoms with Crippen LogP contribution < -0.4 is 0 Å². The first kappa shape index (κ1) is 26.5. The predicted molar refractivity (Wildman–Crippen MR) is 138 cm³/mol. The van der Waals surface area contributed by atoms with Crippen molar-refractivity contribution >= 4 is 27.1 Å². The van der Waals surface area contributed by atoms with Gasteiger partial charge in [0, 0.05) is 0 Å². The van der Waals surface area contributed by atoms with E-state index in [0.717, 1.165) is 39.7 Å². The summed E-state index contributed by atoms with van der Waals surface area (Å²) < 4.78 is 27.9. The van der Waals surface area contributed by atoms with Crippen LogP contribution in [0.2, 0.25) is 0 Å². The number of rotatable bonds is 8. The largest absolute Gasteiger partial charge is 0.512 e. The molecule has 3 aromatic rings. The predicted octanol–water partition coefficient (Wildman–Crippen LogP) is 8.90. The highest BCUT2D eigenvalue weighted by Gasteiger charge is 2.12. The zero-order chi connectivity index (χ0) is 24.7. The molecule has 0 radical (unpaired) electrons. The number of aliphatic hydroxyl groups excluding tert-OH is 1. The summed E-state index contributed by atoms with van der Waals surface area (Å²) in [6.07, 6.45) is 2.70. The third kappa shape index (κ3) is 7.10. The van der Waals surface area contributed by atoms with E-state index in [9.17, 15) is 13.9 Å². The molecular weight excluding hydrogens is 436 g/mol. The van der Waals surface area contributed by atoms with E-state index in [1.54, 1.807) is 17.4 Å². The Kier molecular flexibility index (Phi) is 9.54. The third-order valence-corrected chi connectivity index (χ3v) is 6.42. The van der Waals surface area contributed by atoms with Crippen molar-refractivity contribution < 1.29 is 13.9 Å². The number of benzene rings is 2. The molecule has 0 unspecified atom stereocenters. The zero-order valence-electron chi connectivity index (χ0n) is 20.2. The van der Waals surface area contributed by atoms with Gasteiger partial charge in [0.15, 0.2) is 11.6 Å². The van der Waals surface area contributed by atoms with E-state index in [1.165, 1.54) is 28.3 Å². The zero-order valence-corrected chi connectivity index (χ0v) is 21.0. The lowest BCUT2D eigenvalue weighted by Gasteiger charge is -2.14. The maximum atomic E-state index is 13.6. The molecule has 0 atom stereocenters. The van der Waals surface area contributed by atoms with Gasteiger partial charge in [0.05, 0.1) is 22.4 Å². The van der Waals surface area contributed by atoms with Crippen molar-refractivity contribution in [2.75, 3.05) is 0 Å². The SMILES string of the molecule is C=C(O)Cc1nc2cc(CCC(CC(=C)c3ccc(F)c(F)c3)=C(C)C)c(C)cc2s1.CC. The summed E-state index contributed by atoms with van der Waals surface area (Å²) in [4.78, 5) is 4.63. The Labute approximate surface area is 200 Å². The number of halogens is 2. The summed E-state index contributed by atoms with van der Waals surface area (Å²) in [5, 5.41) is 10.3. The van der Waals surface area contributed by atoms with Crippen molar-refractivity contribution in [1.29, 1.82) is 0 Å². The summed E-state index contributed by atoms with van der Waals surface area (Å²) in [5.74, 6) is -1.59. The first-order valence-corrected chi connectivity index (χ1v) is 12.0. The highest BCUT2D eigenvalue weighted by molar-refractivity contribution is 7.18. The number of aryl methyl sites for hydroxylation is 2. The van der Waals surface area contributed by atoms with Crippen molar-refractivity contribution in [2.45, 2.75) is 60.3 Å². The molecule has 0 saturated heterocycles. The fourth-order valence-corrected chi connectivity index (χ4v) is 4.64. The second-order valence-electron chi connectivity index (χ2n) is 8.11. The van der Waals surface area contributed by atoms with Crippen LogP contribution in [0.4, 0.5) is 8.78 Å². The molecule has 1 heterocycles. The lowest BCUT2D eigenvalue weighted by atomic mass is 9.92. The van der Waals surface area contributed by atoms with E-state index in [1.807, 2.05) is 13.8 Å². The number of nitrogens with zero attached hydrogens (tertiary/aromatic N) is 1. The number of hydrogen-bond acceptors (Lipinski definition) is 3. The van der Waals surface area contributed by atoms with E-state index >= 15 is 0 Å². The van der Waals surface area contributed by atoms with E-state index in [0.29, 0.717) is 18.4 Å². The molecule has 0 aliphatic carbocycles. The number of aromatic nitrogens is 1. The van der Waals surface area contributed by atoms with E-state index in [2.05, 4.69) is 51.0 Å². The minimum atomic E-state index is -0.853. The standard InChI is InChI=1S/C26H27F2NOS.C2H6/c1-15(2)19(10-16(3)20-8-9-22(27)23(28)13-20)6-7-21-14-24-25(11-17(21)4)31-26(29-24)12-18(5)30;1-2/h8-9,11,13-14,30H,3,5-7,10,12H2,1-2,4H3;1-2H3. The van der Waals surface area contributed by atoms with Gasteiger partial charge >= 0.3 is 0 Å². The van der Waals surface area contributed by atoms with Crippen molar-refractivity contribution in [3.63, 3.8) is 0 Å². The maximum absolute atomic E-state index is 13.6. The Hall–Kier alpha value is -2.79. The molecule has 0 saturated carbocycles. The number of thiazole rings is 1. The van der Waals surface area contributed by atoms with Crippen LogP contribution in [-0.4, -0.2) is 10.1 Å². The van der Waals surface area contributed by atoms with Gasteiger partial charge in [0.2, 0.25) is 0 Å². The fourth-order valence-electron chi connectivity index (χ4n) is 3.56. The average Bonchev–Trinajstić information content (AvgIpc) is 3.13. The van der Waals surface area contributed by atoms with Crippen molar-refractivity contribution in [1.82, 2.24) is 4.98 Å². The molecule has 5 heteroatoms. The molecule has 0 amide bonds. The number of allylic oxidation sites excluding steroid dienone is 4. The second kappa shape index (κ2) is 11.9. The van der Waals surface area contributed by atoms with Gasteiger partial charge in [-0.2, -0.15) is 0 Å². The molecule has 2 nitrogen and oxygen atoms in total. The van der Waals surface area contributed by atoms with Gasteiger partial charge in [-0.3, -0.25) is 0 Å². The lowest BCUT2D eigenvalue weighted by Crippen LogP contribution is -1.97. The molecule has 33 heavy (non-hydrogen) atoms. The Balaban J connectivity index is 0.00000187. The molecular formula is C28H33F2NOS. The molecule has 1 N–H and O–H groups in total. The number of hydrogen-bond donors (Lipinski definition) is 1. The summed E-state index contributed by atoms with van der Waals surface area (Å²) in [6.45, 7) is 17.9. The van der Waals surface area contributed by atoms with E-state index in [-0.39, 0.29) is 5.76 Å². The summed E-state index contributed by atoms with van der Waals surface area (Å²) in [6, 6.07) is 8.19. The Morgan fingerprint density at radius 2 is 1.76 bits per heavy atom. The van der Waals surface area contributed by atoms with Gasteiger partial charge in [0.25, 0.3) is 0 Å². The van der Waals surface area contributed by atoms with Crippen LogP contribution in [-0.2, 0) is 12.8 Å².